The van der Waals surface area contributed by atoms with Crippen molar-refractivity contribution < 1.29 is 0 Å². The summed E-state index contributed by atoms with van der Waals surface area (Å²) in [4.78, 5) is 0. The van der Waals surface area contributed by atoms with Gasteiger partial charge >= 0.3 is 0 Å². The first kappa shape index (κ1) is 9.62. The zero-order chi connectivity index (χ0) is 5.70. The van der Waals surface area contributed by atoms with Gasteiger partial charge in [0.2, 0.25) is 0 Å². The van der Waals surface area contributed by atoms with Crippen molar-refractivity contribution in [3.8, 4) is 0 Å². The van der Waals surface area contributed by atoms with Crippen LogP contribution in [0.3, 0.4) is 0 Å². The van der Waals surface area contributed by atoms with Crippen LogP contribution >= 0.6 is 75.7 Å². The van der Waals surface area contributed by atoms with Crippen LogP contribution in [0.5, 0.6) is 0 Å². The van der Waals surface area contributed by atoms with Crippen molar-refractivity contribution in [3.63, 3.8) is 0 Å². The van der Waals surface area contributed by atoms with Gasteiger partial charge in [0, 0.05) is 12.5 Å². The molecule has 0 heterocycles. The molecule has 0 aliphatic carbocycles. The van der Waals surface area contributed by atoms with Gasteiger partial charge in [-0.15, -0.1) is 0 Å². The van der Waals surface area contributed by atoms with Crippen LogP contribution in [0.15, 0.2) is 0 Å². The molecule has 0 fully saturated rings. The second-order valence-corrected chi connectivity index (χ2v) is 9.23. The second-order valence-electron chi connectivity index (χ2n) is 1.03. The van der Waals surface area contributed by atoms with Gasteiger partial charge in [-0.2, -0.15) is 0 Å². The zero-order valence-corrected chi connectivity index (χ0v) is 11.1. The molecule has 0 aromatic heterocycles. The summed E-state index contributed by atoms with van der Waals surface area (Å²) in [5, 5.41) is 0. The Balaban J connectivity index is 2.99. The fourth-order valence-electron chi connectivity index (χ4n) is 0.0958. The highest BCUT2D eigenvalue weighted by molar-refractivity contribution is 14.1. The molecule has 0 aromatic carbocycles. The Hall–Kier alpha value is 2.62. The largest absolute Gasteiger partial charge is 0.0812 e. The van der Waals surface area contributed by atoms with Crippen LogP contribution in [0.25, 0.3) is 0 Å². The minimum atomic E-state index is 0.406. The van der Waals surface area contributed by atoms with E-state index in [9.17, 15) is 0 Å². The van der Waals surface area contributed by atoms with Crippen LogP contribution in [0, 0.1) is 0 Å². The lowest BCUT2D eigenvalue weighted by atomic mass is 11.8. The molecule has 0 aliphatic heterocycles. The quantitative estimate of drug-likeness (QED) is 0.348. The predicted molar refractivity (Wildman–Crippen MR) is 63.6 cm³/mol. The van der Waals surface area contributed by atoms with Gasteiger partial charge in [0.25, 0.3) is 0 Å². The summed E-state index contributed by atoms with van der Waals surface area (Å²) in [5.74, 6) is 0. The van der Waals surface area contributed by atoms with E-state index >= 15 is 0 Å². The molecular formula is C3H6I3P. The SMILES string of the molecule is ICP(CI)CI. The van der Waals surface area contributed by atoms with Gasteiger partial charge < -0.3 is 0 Å². The van der Waals surface area contributed by atoms with Crippen molar-refractivity contribution in [2.45, 2.75) is 0 Å². The summed E-state index contributed by atoms with van der Waals surface area (Å²) in [7, 11) is 0.406. The Kier molecular flexibility index (Phi) is 9.26. The van der Waals surface area contributed by atoms with Crippen molar-refractivity contribution in [2.75, 3.05) is 12.5 Å². The zero-order valence-electron chi connectivity index (χ0n) is 3.70. The minimum absolute atomic E-state index is 0.406. The van der Waals surface area contributed by atoms with Gasteiger partial charge in [-0.25, -0.2) is 0 Å². The van der Waals surface area contributed by atoms with E-state index in [-0.39, 0.29) is 0 Å². The fourth-order valence-corrected chi connectivity index (χ4v) is 12.9. The summed E-state index contributed by atoms with van der Waals surface area (Å²) in [6, 6.07) is 0. The number of halogens is 3. The molecule has 0 radical (unpaired) electrons. The molecule has 0 saturated heterocycles. The van der Waals surface area contributed by atoms with Crippen LogP contribution in [0.1, 0.15) is 0 Å². The molecule has 0 unspecified atom stereocenters. The molecule has 0 nitrogen and oxygen atoms in total. The Morgan fingerprint density at radius 1 is 0.857 bits per heavy atom. The van der Waals surface area contributed by atoms with E-state index in [1.165, 1.54) is 12.5 Å². The Bertz CT molecular complexity index is 31.7. The lowest BCUT2D eigenvalue weighted by Gasteiger charge is -2.03. The maximum absolute atomic E-state index is 2.47. The Morgan fingerprint density at radius 2 is 1.14 bits per heavy atom. The molecule has 4 heteroatoms. The molecule has 7 heavy (non-hydrogen) atoms. The topological polar surface area (TPSA) is 0 Å². The van der Waals surface area contributed by atoms with E-state index in [1.807, 2.05) is 0 Å². The number of alkyl halides is 3. The van der Waals surface area contributed by atoms with Gasteiger partial charge in [-0.1, -0.05) is 75.7 Å². The maximum Gasteiger partial charge on any atom is 0.0213 e. The van der Waals surface area contributed by atoms with Crippen molar-refractivity contribution in [3.05, 3.63) is 0 Å². The van der Waals surface area contributed by atoms with E-state index in [0.717, 1.165) is 0 Å². The average molecular weight is 454 g/mol. The molecule has 0 aliphatic rings. The molecule has 0 amide bonds. The highest BCUT2D eigenvalue weighted by Crippen LogP contribution is 2.41. The average Bonchev–Trinajstić information content (AvgIpc) is 1.72. The molecule has 0 bridgehead atoms. The standard InChI is InChI=1S/C3H6I3P/c4-1-7(2-5)3-6/h1-3H2. The van der Waals surface area contributed by atoms with Crippen molar-refractivity contribution in [1.82, 2.24) is 0 Å². The Morgan fingerprint density at radius 3 is 1.14 bits per heavy atom. The van der Waals surface area contributed by atoms with Crippen LogP contribution in [-0.2, 0) is 0 Å². The fraction of sp³-hybridized carbons (Fsp3) is 1.00. The molecule has 0 spiro atoms. The van der Waals surface area contributed by atoms with Gasteiger partial charge in [-0.3, -0.25) is 0 Å². The third-order valence-corrected chi connectivity index (χ3v) is 10.2. The van der Waals surface area contributed by atoms with Crippen LogP contribution in [0.4, 0.5) is 0 Å². The number of hydrogen-bond donors (Lipinski definition) is 0. The molecule has 0 saturated carbocycles. The van der Waals surface area contributed by atoms with Gasteiger partial charge in [0.1, 0.15) is 0 Å². The molecule has 0 aromatic rings. The summed E-state index contributed by atoms with van der Waals surface area (Å²) in [5.41, 5.74) is 0. The smallest absolute Gasteiger partial charge is 0.0213 e. The van der Waals surface area contributed by atoms with E-state index in [2.05, 4.69) is 67.8 Å². The highest BCUT2D eigenvalue weighted by atomic mass is 127. The van der Waals surface area contributed by atoms with Crippen LogP contribution in [0.2, 0.25) is 0 Å². The number of rotatable bonds is 3. The molecular weight excluding hydrogens is 448 g/mol. The maximum atomic E-state index is 2.47. The third-order valence-electron chi connectivity index (χ3n) is 0.507. The Labute approximate surface area is 86.8 Å². The summed E-state index contributed by atoms with van der Waals surface area (Å²) >= 11 is 7.41. The molecule has 0 atom stereocenters. The van der Waals surface area contributed by atoms with Crippen molar-refractivity contribution >= 4 is 75.7 Å². The van der Waals surface area contributed by atoms with Gasteiger partial charge in [0.15, 0.2) is 0 Å². The van der Waals surface area contributed by atoms with E-state index in [0.29, 0.717) is 7.92 Å². The van der Waals surface area contributed by atoms with E-state index in [4.69, 9.17) is 0 Å². The number of hydrogen-bond acceptors (Lipinski definition) is 0. The van der Waals surface area contributed by atoms with E-state index < -0.39 is 0 Å². The lowest BCUT2D eigenvalue weighted by Crippen LogP contribution is -1.74. The normalized spacial score (nSPS) is 10.3. The van der Waals surface area contributed by atoms with Crippen molar-refractivity contribution in [1.29, 1.82) is 0 Å². The predicted octanol–water partition coefficient (Wildman–Crippen LogP) is 3.65. The van der Waals surface area contributed by atoms with Crippen LogP contribution in [-0.4, -0.2) is 12.5 Å². The van der Waals surface area contributed by atoms with E-state index in [1.54, 1.807) is 0 Å². The molecule has 0 rings (SSSR count). The second kappa shape index (κ2) is 6.74. The van der Waals surface area contributed by atoms with Crippen molar-refractivity contribution in [2.24, 2.45) is 0 Å². The molecule has 0 N–H and O–H groups in total. The van der Waals surface area contributed by atoms with Gasteiger partial charge in [0.05, 0.1) is 0 Å². The summed E-state index contributed by atoms with van der Waals surface area (Å²) in [6.45, 7) is 0. The summed E-state index contributed by atoms with van der Waals surface area (Å²) in [6.07, 6.45) is 0. The third kappa shape index (κ3) is 5.08. The summed E-state index contributed by atoms with van der Waals surface area (Å²) < 4.78 is 4.12. The first-order valence-corrected chi connectivity index (χ1v) is 8.22. The molecule has 44 valence electrons. The lowest BCUT2D eigenvalue weighted by molar-refractivity contribution is 2.05. The monoisotopic (exact) mass is 454 g/mol. The van der Waals surface area contributed by atoms with Gasteiger partial charge in [-0.05, 0) is 0 Å². The van der Waals surface area contributed by atoms with Crippen LogP contribution < -0.4 is 0 Å². The minimum Gasteiger partial charge on any atom is -0.0812 e. The highest BCUT2D eigenvalue weighted by Gasteiger charge is 1.98. The first-order valence-electron chi connectivity index (χ1n) is 1.75. The first-order chi connectivity index (χ1) is 3.35.